The molecule has 0 nitrogen and oxygen atoms in total. The summed E-state index contributed by atoms with van der Waals surface area (Å²) in [5.41, 5.74) is 1.30. The molecule has 0 N–H and O–H groups in total. The van der Waals surface area contributed by atoms with Crippen molar-refractivity contribution in [2.24, 2.45) is 0 Å². The van der Waals surface area contributed by atoms with Crippen LogP contribution in [-0.4, -0.2) is 20.9 Å². The summed E-state index contributed by atoms with van der Waals surface area (Å²) in [6.07, 6.45) is 1.31. The van der Waals surface area contributed by atoms with Crippen molar-refractivity contribution in [1.29, 1.82) is 0 Å². The average Bonchev–Trinajstić information content (AvgIpc) is 2.19. The van der Waals surface area contributed by atoms with Gasteiger partial charge in [0.15, 0.2) is 0 Å². The molecular formula is C11H13BrTe. The van der Waals surface area contributed by atoms with E-state index in [-0.39, 0.29) is 20.9 Å². The third kappa shape index (κ3) is 4.31. The Morgan fingerprint density at radius 2 is 2.08 bits per heavy atom. The van der Waals surface area contributed by atoms with Crippen molar-refractivity contribution in [3.63, 3.8) is 0 Å². The van der Waals surface area contributed by atoms with Crippen LogP contribution in [0.5, 0.6) is 0 Å². The van der Waals surface area contributed by atoms with Gasteiger partial charge in [-0.3, -0.25) is 0 Å². The Hall–Kier alpha value is 0.230. The molecule has 1 aromatic rings. The number of benzene rings is 1. The fourth-order valence-electron chi connectivity index (χ4n) is 0.915. The molecule has 70 valence electrons. The van der Waals surface area contributed by atoms with Crippen molar-refractivity contribution in [1.82, 2.24) is 0 Å². The van der Waals surface area contributed by atoms with Crippen molar-refractivity contribution >= 4 is 41.3 Å². The van der Waals surface area contributed by atoms with Gasteiger partial charge in [-0.25, -0.2) is 0 Å². The number of hydrogen-bond acceptors (Lipinski definition) is 0. The Morgan fingerprint density at radius 1 is 1.38 bits per heavy atom. The van der Waals surface area contributed by atoms with Crippen LogP contribution in [0.4, 0.5) is 0 Å². The second-order valence-electron chi connectivity index (χ2n) is 2.70. The average molecular weight is 353 g/mol. The molecule has 2 heteroatoms. The molecule has 0 spiro atoms. The van der Waals surface area contributed by atoms with E-state index in [2.05, 4.69) is 51.2 Å². The fraction of sp³-hybridized carbons (Fsp3) is 0.273. The first kappa shape index (κ1) is 11.3. The van der Waals surface area contributed by atoms with Crippen LogP contribution in [0.25, 0.3) is 4.48 Å². The van der Waals surface area contributed by atoms with Gasteiger partial charge in [0, 0.05) is 0 Å². The van der Waals surface area contributed by atoms with E-state index in [1.807, 2.05) is 6.07 Å². The molecule has 0 atom stereocenters. The van der Waals surface area contributed by atoms with E-state index in [0.29, 0.717) is 0 Å². The van der Waals surface area contributed by atoms with Gasteiger partial charge in [0.25, 0.3) is 0 Å². The van der Waals surface area contributed by atoms with Gasteiger partial charge >= 0.3 is 99.2 Å². The molecule has 1 aromatic carbocycles. The summed E-state index contributed by atoms with van der Waals surface area (Å²) < 4.78 is 5.04. The summed E-state index contributed by atoms with van der Waals surface area (Å²) in [7, 11) is 0. The van der Waals surface area contributed by atoms with Crippen molar-refractivity contribution < 1.29 is 0 Å². The molecule has 0 unspecified atom stereocenters. The molecular weight excluding hydrogens is 340 g/mol. The molecule has 0 bridgehead atoms. The monoisotopic (exact) mass is 354 g/mol. The number of hydrogen-bond donors (Lipinski definition) is 0. The predicted molar refractivity (Wildman–Crippen MR) is 64.2 cm³/mol. The first-order valence-electron chi connectivity index (χ1n) is 4.37. The molecule has 0 saturated carbocycles. The fourth-order valence-corrected chi connectivity index (χ4v) is 3.88. The zero-order chi connectivity index (χ0) is 9.52. The van der Waals surface area contributed by atoms with Crippen LogP contribution >= 0.6 is 15.9 Å². The Kier molecular flexibility index (Phi) is 5.78. The zero-order valence-electron chi connectivity index (χ0n) is 7.66. The topological polar surface area (TPSA) is 0 Å². The Bertz CT molecular complexity index is 267. The van der Waals surface area contributed by atoms with Crippen molar-refractivity contribution in [3.05, 3.63) is 40.0 Å². The number of rotatable bonds is 4. The van der Waals surface area contributed by atoms with Gasteiger partial charge in [-0.05, 0) is 0 Å². The summed E-state index contributed by atoms with van der Waals surface area (Å²) in [5.74, 6) is 0. The molecule has 1 rings (SSSR count). The molecule has 13 heavy (non-hydrogen) atoms. The summed E-state index contributed by atoms with van der Waals surface area (Å²) in [4.78, 5) is 0. The Labute approximate surface area is 98.6 Å². The first-order valence-corrected chi connectivity index (χ1v) is 8.16. The van der Waals surface area contributed by atoms with E-state index >= 15 is 0 Å². The van der Waals surface area contributed by atoms with Crippen molar-refractivity contribution in [3.8, 4) is 0 Å². The second kappa shape index (κ2) is 6.65. The van der Waals surface area contributed by atoms with E-state index in [4.69, 9.17) is 0 Å². The van der Waals surface area contributed by atoms with Gasteiger partial charge in [0.05, 0.1) is 0 Å². The molecule has 0 aliphatic heterocycles. The van der Waals surface area contributed by atoms with E-state index < -0.39 is 0 Å². The minimum absolute atomic E-state index is 0.0846. The van der Waals surface area contributed by atoms with Crippen LogP contribution in [0, 0.1) is 0 Å². The molecule has 0 saturated heterocycles. The van der Waals surface area contributed by atoms with Crippen molar-refractivity contribution in [2.45, 2.75) is 17.8 Å². The Morgan fingerprint density at radius 3 is 2.69 bits per heavy atom. The van der Waals surface area contributed by atoms with Gasteiger partial charge in [-0.1, -0.05) is 0 Å². The standard InChI is InChI=1S/C11H13BrTe/c1-2-8-13-9-11(12)10-6-4-3-5-7-10/h3-7,9H,2,8H2,1H3/b11-9-. The van der Waals surface area contributed by atoms with Crippen molar-refractivity contribution in [2.75, 3.05) is 0 Å². The molecule has 0 heterocycles. The van der Waals surface area contributed by atoms with Gasteiger partial charge in [0.1, 0.15) is 0 Å². The van der Waals surface area contributed by atoms with Gasteiger partial charge in [0.2, 0.25) is 0 Å². The summed E-state index contributed by atoms with van der Waals surface area (Å²) in [6.45, 7) is 2.25. The van der Waals surface area contributed by atoms with Gasteiger partial charge in [-0.2, -0.15) is 0 Å². The number of halogens is 1. The van der Waals surface area contributed by atoms with Gasteiger partial charge < -0.3 is 0 Å². The zero-order valence-corrected chi connectivity index (χ0v) is 11.6. The molecule has 0 radical (unpaired) electrons. The predicted octanol–water partition coefficient (Wildman–Crippen LogP) is 3.91. The maximum absolute atomic E-state index is 3.61. The van der Waals surface area contributed by atoms with Gasteiger partial charge in [-0.15, -0.1) is 0 Å². The third-order valence-corrected chi connectivity index (χ3v) is 6.17. The quantitative estimate of drug-likeness (QED) is 0.569. The Balaban J connectivity index is 2.57. The molecule has 0 aliphatic carbocycles. The maximum atomic E-state index is 3.61. The van der Waals surface area contributed by atoms with Crippen LogP contribution in [0.1, 0.15) is 18.9 Å². The summed E-state index contributed by atoms with van der Waals surface area (Å²) >= 11 is 3.69. The molecule has 0 amide bonds. The van der Waals surface area contributed by atoms with E-state index in [1.165, 1.54) is 20.9 Å². The first-order chi connectivity index (χ1) is 6.34. The normalized spacial score (nSPS) is 11.7. The third-order valence-electron chi connectivity index (χ3n) is 1.56. The van der Waals surface area contributed by atoms with Crippen LogP contribution in [0.3, 0.4) is 0 Å². The van der Waals surface area contributed by atoms with Crippen LogP contribution in [-0.2, 0) is 0 Å². The molecule has 0 fully saturated rings. The minimum atomic E-state index is 0.0846. The summed E-state index contributed by atoms with van der Waals surface area (Å²) in [6, 6.07) is 10.5. The van der Waals surface area contributed by atoms with E-state index in [0.717, 1.165) is 0 Å². The van der Waals surface area contributed by atoms with Crippen LogP contribution < -0.4 is 0 Å². The summed E-state index contributed by atoms with van der Waals surface area (Å²) in [5, 5.41) is 0. The molecule has 0 aromatic heterocycles. The van der Waals surface area contributed by atoms with E-state index in [1.54, 1.807) is 0 Å². The van der Waals surface area contributed by atoms with Crippen LogP contribution in [0.2, 0.25) is 4.47 Å². The SMILES string of the molecule is CCC[Te]/C=C(\Br)c1ccccc1. The molecule has 0 aliphatic rings. The second-order valence-corrected chi connectivity index (χ2v) is 6.35. The van der Waals surface area contributed by atoms with E-state index in [9.17, 15) is 0 Å². The van der Waals surface area contributed by atoms with Crippen LogP contribution in [0.15, 0.2) is 34.5 Å².